The molecule has 3 saturated heterocycles. The highest BCUT2D eigenvalue weighted by Crippen LogP contribution is 2.89. The number of carbonyl (C=O) groups excluding carboxylic acids is 3. The molecule has 1 N–H and O–H groups in total. The second kappa shape index (κ2) is 9.95. The van der Waals surface area contributed by atoms with Crippen molar-refractivity contribution in [3.05, 3.63) is 59.7 Å². The Morgan fingerprint density at radius 3 is 2.57 bits per heavy atom. The van der Waals surface area contributed by atoms with E-state index in [1.807, 2.05) is 6.07 Å². The number of aliphatic hydroxyl groups is 1. The van der Waals surface area contributed by atoms with Crippen molar-refractivity contribution in [1.29, 1.82) is 0 Å². The Morgan fingerprint density at radius 2 is 1.82 bits per heavy atom. The molecule has 1 unspecified atom stereocenters. The van der Waals surface area contributed by atoms with Crippen LogP contribution < -0.4 is 0 Å². The maximum atomic E-state index is 14.9. The van der Waals surface area contributed by atoms with E-state index in [0.717, 1.165) is 38.5 Å². The van der Waals surface area contributed by atoms with Crippen LogP contribution in [0.25, 0.3) is 0 Å². The first-order valence-electron chi connectivity index (χ1n) is 18.5. The van der Waals surface area contributed by atoms with Crippen LogP contribution in [0.1, 0.15) is 85.1 Å². The van der Waals surface area contributed by atoms with E-state index in [0.29, 0.717) is 18.8 Å². The molecular formula is C41H50O8. The molecule has 9 rings (SSSR count). The summed E-state index contributed by atoms with van der Waals surface area (Å²) in [6.45, 7) is 10.8. The zero-order valence-electron chi connectivity index (χ0n) is 29.5. The number of allylic oxidation sites excluding steroid dienone is 3. The number of hydrogen-bond donors (Lipinski definition) is 1. The van der Waals surface area contributed by atoms with Crippen molar-refractivity contribution < 1.29 is 38.4 Å². The number of fused-ring (bicyclic) bond motifs is 5. The summed E-state index contributed by atoms with van der Waals surface area (Å²) in [5.74, 6) is -2.74. The third-order valence-electron chi connectivity index (χ3n) is 15.6. The molecule has 262 valence electrons. The molecule has 1 aromatic carbocycles. The summed E-state index contributed by atoms with van der Waals surface area (Å²) in [5, 5.41) is 11.8. The van der Waals surface area contributed by atoms with Crippen LogP contribution in [0.4, 0.5) is 0 Å². The number of esters is 2. The van der Waals surface area contributed by atoms with Gasteiger partial charge in [0.05, 0.1) is 31.7 Å². The van der Waals surface area contributed by atoms with Crippen LogP contribution >= 0.6 is 0 Å². The molecule has 8 heteroatoms. The summed E-state index contributed by atoms with van der Waals surface area (Å²) in [5.41, 5.74) is 0.321. The SMILES string of the molecule is CC(=O)O[C@@]1(C)COC2(C1)OC(=O)[C@H]([C@@H]1CC[C@]34C[C@]13C=C[C@@H]1[C@@]3(C)CC=C5C[C@@H](Cc6ccccc6)OC[C@]5(C)[C@@H]3CC(=O)[C@]14C)[C@H]2O. The molecule has 3 saturated carbocycles. The van der Waals surface area contributed by atoms with E-state index in [2.05, 4.69) is 63.3 Å². The van der Waals surface area contributed by atoms with Crippen LogP contribution in [0, 0.1) is 50.7 Å². The Hall–Kier alpha value is -2.81. The topological polar surface area (TPSA) is 108 Å². The molecular weight excluding hydrogens is 620 g/mol. The zero-order chi connectivity index (χ0) is 34.4. The lowest BCUT2D eigenvalue weighted by atomic mass is 9.39. The normalized spacial score (nSPS) is 52.0. The lowest BCUT2D eigenvalue weighted by Crippen LogP contribution is -2.63. The highest BCUT2D eigenvalue weighted by atomic mass is 16.8. The molecule has 0 bridgehead atoms. The minimum atomic E-state index is -1.53. The summed E-state index contributed by atoms with van der Waals surface area (Å²) in [7, 11) is 0. The van der Waals surface area contributed by atoms with Crippen LogP contribution in [0.2, 0.25) is 0 Å². The Morgan fingerprint density at radius 1 is 1.04 bits per heavy atom. The van der Waals surface area contributed by atoms with E-state index in [-0.39, 0.29) is 58.5 Å². The van der Waals surface area contributed by atoms with Crippen molar-refractivity contribution in [1.82, 2.24) is 0 Å². The molecule has 3 heterocycles. The van der Waals surface area contributed by atoms with Crippen LogP contribution in [0.15, 0.2) is 54.1 Å². The molecule has 3 aliphatic heterocycles. The average molecular weight is 671 g/mol. The van der Waals surface area contributed by atoms with Crippen LogP contribution in [-0.2, 0) is 39.8 Å². The van der Waals surface area contributed by atoms with Crippen molar-refractivity contribution in [2.45, 2.75) is 110 Å². The molecule has 0 amide bonds. The average Bonchev–Trinajstić information content (AvgIpc) is 3.35. The number of carbonyl (C=O) groups is 3. The predicted octanol–water partition coefficient (Wildman–Crippen LogP) is 5.90. The van der Waals surface area contributed by atoms with Gasteiger partial charge in [-0.2, -0.15) is 0 Å². The van der Waals surface area contributed by atoms with E-state index in [1.54, 1.807) is 6.92 Å². The lowest BCUT2D eigenvalue weighted by molar-refractivity contribution is -0.220. The third kappa shape index (κ3) is 3.94. The van der Waals surface area contributed by atoms with Gasteiger partial charge < -0.3 is 24.1 Å². The summed E-state index contributed by atoms with van der Waals surface area (Å²) in [4.78, 5) is 40.3. The van der Waals surface area contributed by atoms with E-state index in [1.165, 1.54) is 18.1 Å². The Kier molecular flexibility index (Phi) is 6.52. The molecule has 8 nitrogen and oxygen atoms in total. The maximum absolute atomic E-state index is 14.9. The molecule has 1 aromatic rings. The van der Waals surface area contributed by atoms with Crippen molar-refractivity contribution in [3.8, 4) is 0 Å². The van der Waals surface area contributed by atoms with Gasteiger partial charge in [-0.15, -0.1) is 0 Å². The van der Waals surface area contributed by atoms with Gasteiger partial charge in [-0.25, -0.2) is 0 Å². The smallest absolute Gasteiger partial charge is 0.314 e. The van der Waals surface area contributed by atoms with Gasteiger partial charge in [-0.3, -0.25) is 14.4 Å². The Bertz CT molecular complexity index is 1700. The quantitative estimate of drug-likeness (QED) is 0.312. The van der Waals surface area contributed by atoms with E-state index >= 15 is 0 Å². The van der Waals surface area contributed by atoms with E-state index in [4.69, 9.17) is 18.9 Å². The van der Waals surface area contributed by atoms with Crippen LogP contribution in [0.3, 0.4) is 0 Å². The minimum Gasteiger partial charge on any atom is -0.457 e. The largest absolute Gasteiger partial charge is 0.457 e. The Balaban J connectivity index is 1.00. The second-order valence-electron chi connectivity index (χ2n) is 18.1. The molecule has 0 aromatic heterocycles. The summed E-state index contributed by atoms with van der Waals surface area (Å²) in [6.07, 6.45) is 12.0. The number of aliphatic hydroxyl groups excluding tert-OH is 1. The van der Waals surface area contributed by atoms with Gasteiger partial charge >= 0.3 is 11.9 Å². The fourth-order valence-corrected chi connectivity index (χ4v) is 13.4. The molecule has 0 radical (unpaired) electrons. The fourth-order valence-electron chi connectivity index (χ4n) is 13.4. The number of hydrogen-bond acceptors (Lipinski definition) is 8. The van der Waals surface area contributed by atoms with Gasteiger partial charge in [-0.1, -0.05) is 74.9 Å². The first-order chi connectivity index (χ1) is 23.2. The van der Waals surface area contributed by atoms with Crippen molar-refractivity contribution in [2.75, 3.05) is 13.2 Å². The van der Waals surface area contributed by atoms with Gasteiger partial charge in [0, 0.05) is 24.2 Å². The predicted molar refractivity (Wildman–Crippen MR) is 179 cm³/mol. The summed E-state index contributed by atoms with van der Waals surface area (Å²) >= 11 is 0. The number of Topliss-reactive ketones (excluding diaryl/α,β-unsaturated/α-hetero) is 1. The van der Waals surface area contributed by atoms with Gasteiger partial charge in [0.1, 0.15) is 17.5 Å². The molecule has 5 aliphatic carbocycles. The number of ether oxygens (including phenoxy) is 4. The number of rotatable bonds is 4. The fraction of sp³-hybridized carbons (Fsp3) is 0.683. The molecule has 1 spiro atoms. The zero-order valence-corrected chi connectivity index (χ0v) is 29.5. The van der Waals surface area contributed by atoms with Crippen molar-refractivity contribution in [2.24, 2.45) is 50.7 Å². The maximum Gasteiger partial charge on any atom is 0.314 e. The third-order valence-corrected chi connectivity index (χ3v) is 15.6. The highest BCUT2D eigenvalue weighted by molar-refractivity contribution is 5.90. The molecule has 49 heavy (non-hydrogen) atoms. The summed E-state index contributed by atoms with van der Waals surface area (Å²) < 4.78 is 24.0. The van der Waals surface area contributed by atoms with Crippen LogP contribution in [-0.4, -0.2) is 59.6 Å². The number of benzene rings is 1. The minimum absolute atomic E-state index is 0.0467. The van der Waals surface area contributed by atoms with Gasteiger partial charge in [0.25, 0.3) is 0 Å². The number of ketones is 1. The van der Waals surface area contributed by atoms with E-state index in [9.17, 15) is 19.5 Å². The van der Waals surface area contributed by atoms with E-state index < -0.39 is 40.8 Å². The first-order valence-corrected chi connectivity index (χ1v) is 18.5. The first kappa shape index (κ1) is 32.1. The summed E-state index contributed by atoms with van der Waals surface area (Å²) in [6, 6.07) is 10.6. The Labute approximate surface area is 289 Å². The molecule has 6 fully saturated rings. The van der Waals surface area contributed by atoms with Gasteiger partial charge in [0.2, 0.25) is 5.79 Å². The molecule has 8 aliphatic rings. The second-order valence-corrected chi connectivity index (χ2v) is 18.1. The highest BCUT2D eigenvalue weighted by Gasteiger charge is 2.86. The lowest BCUT2D eigenvalue weighted by Gasteiger charge is -2.64. The standard InChI is InChI=1S/C41H50O8/c1-24(42)48-35(2)20-41(47-22-35)33(44)32(34(45)49-41)28-12-16-40-21-39(28,40)15-13-29-36(3)14-11-26-18-27(17-25-9-7-6-8-10-25)46-23-37(26,4)30(36)19-31(43)38(29,40)5/h6-11,13,15,27-30,32-33,44H,12,14,16-23H2,1-5H3/t27-,28+,29-,30-,32-,33-,35-,36-,37+,38+,39-,40-,41?/m1/s1. The van der Waals surface area contributed by atoms with Gasteiger partial charge in [0.15, 0.2) is 0 Å². The van der Waals surface area contributed by atoms with Gasteiger partial charge in [-0.05, 0) is 85.0 Å². The van der Waals surface area contributed by atoms with Crippen LogP contribution in [0.5, 0.6) is 0 Å². The molecule has 13 atom stereocenters. The monoisotopic (exact) mass is 670 g/mol. The van der Waals surface area contributed by atoms with Crippen molar-refractivity contribution >= 4 is 17.7 Å². The van der Waals surface area contributed by atoms with Crippen molar-refractivity contribution in [3.63, 3.8) is 0 Å².